The van der Waals surface area contributed by atoms with Crippen molar-refractivity contribution in [3.63, 3.8) is 0 Å². The highest BCUT2D eigenvalue weighted by molar-refractivity contribution is 5.94. The Kier molecular flexibility index (Phi) is 6.08. The van der Waals surface area contributed by atoms with Crippen LogP contribution < -0.4 is 5.32 Å². The molecule has 3 aromatic rings. The number of carbonyl (C=O) groups is 1. The van der Waals surface area contributed by atoms with Crippen LogP contribution in [0.25, 0.3) is 11.0 Å². The largest absolute Gasteiger partial charge is 0.506 e. The number of ether oxygens (including phenoxy) is 1. The number of aryl methyl sites for hydroxylation is 1. The van der Waals surface area contributed by atoms with Crippen molar-refractivity contribution in [1.82, 2.24) is 19.4 Å². The molecule has 164 valence electrons. The van der Waals surface area contributed by atoms with Crippen LogP contribution in [0.15, 0.2) is 30.3 Å². The summed E-state index contributed by atoms with van der Waals surface area (Å²) in [4.78, 5) is 23.9. The summed E-state index contributed by atoms with van der Waals surface area (Å²) in [6.07, 6.45) is 2.06. The highest BCUT2D eigenvalue weighted by Gasteiger charge is 2.21. The maximum Gasteiger partial charge on any atom is 0.338 e. The summed E-state index contributed by atoms with van der Waals surface area (Å²) in [5.41, 5.74) is 3.43. The van der Waals surface area contributed by atoms with E-state index < -0.39 is 0 Å². The molecule has 8 heteroatoms. The molecule has 1 fully saturated rings. The zero-order chi connectivity index (χ0) is 22.0. The zero-order valence-electron chi connectivity index (χ0n) is 18.3. The van der Waals surface area contributed by atoms with Crippen molar-refractivity contribution in [3.05, 3.63) is 47.3 Å². The fraction of sp³-hybridized carbons (Fsp3) is 0.435. The van der Waals surface area contributed by atoms with E-state index >= 15 is 0 Å². The first-order chi connectivity index (χ1) is 14.9. The van der Waals surface area contributed by atoms with Gasteiger partial charge in [-0.25, -0.2) is 9.78 Å². The number of carbonyl (C=O) groups excluding carboxylic acids is 1. The molecule has 4 rings (SSSR count). The number of rotatable bonds is 6. The van der Waals surface area contributed by atoms with Crippen molar-refractivity contribution >= 4 is 23.0 Å². The van der Waals surface area contributed by atoms with Gasteiger partial charge in [0.25, 0.3) is 0 Å². The van der Waals surface area contributed by atoms with Gasteiger partial charge in [-0.1, -0.05) is 0 Å². The number of benzene rings is 1. The topological polar surface area (TPSA) is 92.5 Å². The van der Waals surface area contributed by atoms with Crippen LogP contribution in [-0.2, 0) is 11.3 Å². The second kappa shape index (κ2) is 8.93. The standard InChI is InChI=1S/C23H29N5O3/c1-4-31-22(30)16-6-7-18-20(13-16)28(14-19-21(29)8-5-15(2)24-19)23(26-18)25-17-9-11-27(3)12-10-17/h5-8,13,17,29H,4,9-12,14H2,1-3H3,(H,25,26). The molecule has 1 aromatic carbocycles. The highest BCUT2D eigenvalue weighted by Crippen LogP contribution is 2.27. The van der Waals surface area contributed by atoms with Crippen LogP contribution in [0.3, 0.4) is 0 Å². The maximum absolute atomic E-state index is 12.3. The zero-order valence-corrected chi connectivity index (χ0v) is 18.3. The van der Waals surface area contributed by atoms with Crippen LogP contribution in [0.4, 0.5) is 5.95 Å². The van der Waals surface area contributed by atoms with E-state index in [1.165, 1.54) is 0 Å². The molecule has 0 aliphatic carbocycles. The first kappa shape index (κ1) is 21.1. The van der Waals surface area contributed by atoms with Gasteiger partial charge in [0.05, 0.1) is 29.7 Å². The number of hydrogen-bond acceptors (Lipinski definition) is 7. The van der Waals surface area contributed by atoms with Crippen LogP contribution >= 0.6 is 0 Å². The lowest BCUT2D eigenvalue weighted by Crippen LogP contribution is -2.37. The van der Waals surface area contributed by atoms with Gasteiger partial charge in [0.2, 0.25) is 5.95 Å². The van der Waals surface area contributed by atoms with E-state index in [0.717, 1.165) is 42.7 Å². The quantitative estimate of drug-likeness (QED) is 0.588. The first-order valence-electron chi connectivity index (χ1n) is 10.7. The lowest BCUT2D eigenvalue weighted by Gasteiger charge is -2.29. The van der Waals surface area contributed by atoms with Crippen molar-refractivity contribution in [1.29, 1.82) is 0 Å². The normalized spacial score (nSPS) is 15.3. The van der Waals surface area contributed by atoms with Gasteiger partial charge in [0.1, 0.15) is 11.4 Å². The summed E-state index contributed by atoms with van der Waals surface area (Å²) in [6.45, 7) is 6.41. The Bertz CT molecular complexity index is 1090. The molecule has 2 aromatic heterocycles. The van der Waals surface area contributed by atoms with Crippen molar-refractivity contribution in [2.45, 2.75) is 39.3 Å². The minimum atomic E-state index is -0.362. The molecule has 2 N–H and O–H groups in total. The molecule has 1 aliphatic heterocycles. The van der Waals surface area contributed by atoms with Gasteiger partial charge in [-0.3, -0.25) is 4.98 Å². The van der Waals surface area contributed by atoms with Crippen molar-refractivity contribution in [2.24, 2.45) is 0 Å². The summed E-state index contributed by atoms with van der Waals surface area (Å²) in [7, 11) is 2.13. The van der Waals surface area contributed by atoms with Gasteiger partial charge in [-0.15, -0.1) is 0 Å². The minimum Gasteiger partial charge on any atom is -0.506 e. The SMILES string of the molecule is CCOC(=O)c1ccc2nc(NC3CCN(C)CC3)n(Cc3nc(C)ccc3O)c2c1. The van der Waals surface area contributed by atoms with Crippen LogP contribution in [0, 0.1) is 6.92 Å². The minimum absolute atomic E-state index is 0.138. The second-order valence-electron chi connectivity index (χ2n) is 8.09. The van der Waals surface area contributed by atoms with Crippen molar-refractivity contribution in [3.8, 4) is 5.75 Å². The van der Waals surface area contributed by atoms with Gasteiger partial charge in [0.15, 0.2) is 0 Å². The third kappa shape index (κ3) is 4.64. The number of anilines is 1. The number of nitrogens with one attached hydrogen (secondary N) is 1. The first-order valence-corrected chi connectivity index (χ1v) is 10.7. The average molecular weight is 424 g/mol. The lowest BCUT2D eigenvalue weighted by molar-refractivity contribution is 0.0526. The number of piperidine rings is 1. The van der Waals surface area contributed by atoms with Gasteiger partial charge in [0, 0.05) is 11.7 Å². The Morgan fingerprint density at radius 2 is 2.00 bits per heavy atom. The Morgan fingerprint density at radius 3 is 2.74 bits per heavy atom. The number of aromatic nitrogens is 3. The Labute approximate surface area is 181 Å². The number of hydrogen-bond donors (Lipinski definition) is 2. The third-order valence-electron chi connectivity index (χ3n) is 5.71. The number of likely N-dealkylation sites (tertiary alicyclic amines) is 1. The molecule has 0 bridgehead atoms. The van der Waals surface area contributed by atoms with E-state index in [9.17, 15) is 9.90 Å². The molecule has 0 unspecified atom stereocenters. The second-order valence-corrected chi connectivity index (χ2v) is 8.09. The fourth-order valence-corrected chi connectivity index (χ4v) is 3.94. The predicted molar refractivity (Wildman–Crippen MR) is 120 cm³/mol. The summed E-state index contributed by atoms with van der Waals surface area (Å²) in [5, 5.41) is 14.0. The van der Waals surface area contributed by atoms with Crippen LogP contribution in [0.2, 0.25) is 0 Å². The number of nitrogens with zero attached hydrogens (tertiary/aromatic N) is 4. The molecule has 3 heterocycles. The Morgan fingerprint density at radius 1 is 1.23 bits per heavy atom. The van der Waals surface area contributed by atoms with Crippen LogP contribution in [-0.4, -0.2) is 63.3 Å². The number of fused-ring (bicyclic) bond motifs is 1. The third-order valence-corrected chi connectivity index (χ3v) is 5.71. The number of aromatic hydroxyl groups is 1. The van der Waals surface area contributed by atoms with Gasteiger partial charge in [-0.05, 0) is 77.2 Å². The summed E-state index contributed by atoms with van der Waals surface area (Å²) >= 11 is 0. The molecule has 1 aliphatic rings. The molecule has 0 spiro atoms. The Balaban J connectivity index is 1.74. The number of esters is 1. The predicted octanol–water partition coefficient (Wildman–Crippen LogP) is 3.18. The molecular formula is C23H29N5O3. The summed E-state index contributed by atoms with van der Waals surface area (Å²) in [6, 6.07) is 9.12. The van der Waals surface area contributed by atoms with Crippen LogP contribution in [0.1, 0.15) is 41.5 Å². The van der Waals surface area contributed by atoms with Gasteiger partial charge < -0.3 is 24.6 Å². The lowest BCUT2D eigenvalue weighted by atomic mass is 10.1. The van der Waals surface area contributed by atoms with E-state index in [4.69, 9.17) is 9.72 Å². The fourth-order valence-electron chi connectivity index (χ4n) is 3.94. The van der Waals surface area contributed by atoms with E-state index in [1.807, 2.05) is 17.6 Å². The van der Waals surface area contributed by atoms with E-state index in [2.05, 4.69) is 22.2 Å². The summed E-state index contributed by atoms with van der Waals surface area (Å²) in [5.74, 6) is 0.492. The monoisotopic (exact) mass is 423 g/mol. The smallest absolute Gasteiger partial charge is 0.338 e. The summed E-state index contributed by atoms with van der Waals surface area (Å²) < 4.78 is 7.15. The Hall–Kier alpha value is -3.13. The van der Waals surface area contributed by atoms with Gasteiger partial charge in [-0.2, -0.15) is 0 Å². The highest BCUT2D eigenvalue weighted by atomic mass is 16.5. The van der Waals surface area contributed by atoms with Gasteiger partial charge >= 0.3 is 5.97 Å². The van der Waals surface area contributed by atoms with E-state index in [1.54, 1.807) is 31.2 Å². The van der Waals surface area contributed by atoms with Crippen LogP contribution in [0.5, 0.6) is 5.75 Å². The molecule has 0 radical (unpaired) electrons. The average Bonchev–Trinajstić information content (AvgIpc) is 3.09. The van der Waals surface area contributed by atoms with Crippen molar-refractivity contribution in [2.75, 3.05) is 32.1 Å². The molecule has 31 heavy (non-hydrogen) atoms. The molecule has 0 amide bonds. The maximum atomic E-state index is 12.3. The van der Waals surface area contributed by atoms with Crippen molar-refractivity contribution < 1.29 is 14.6 Å². The molecule has 0 atom stereocenters. The van der Waals surface area contributed by atoms with E-state index in [0.29, 0.717) is 36.4 Å². The molecule has 8 nitrogen and oxygen atoms in total. The molecular weight excluding hydrogens is 394 g/mol. The molecule has 0 saturated carbocycles. The molecule has 1 saturated heterocycles. The number of imidazole rings is 1. The number of pyridine rings is 1. The van der Waals surface area contributed by atoms with E-state index in [-0.39, 0.29) is 11.7 Å².